The van der Waals surface area contributed by atoms with Gasteiger partial charge in [0.25, 0.3) is 0 Å². The van der Waals surface area contributed by atoms with Crippen LogP contribution in [0.2, 0.25) is 0 Å². The molecule has 0 aliphatic carbocycles. The molecule has 2 heterocycles. The number of hydrogen-bond donors (Lipinski definition) is 1. The predicted octanol–water partition coefficient (Wildman–Crippen LogP) is 2.30. The van der Waals surface area contributed by atoms with Gasteiger partial charge >= 0.3 is 0 Å². The van der Waals surface area contributed by atoms with Crippen LogP contribution in [0.5, 0.6) is 0 Å². The van der Waals surface area contributed by atoms with E-state index in [1.165, 1.54) is 11.3 Å². The van der Waals surface area contributed by atoms with Gasteiger partial charge in [-0.3, -0.25) is 9.69 Å². The normalized spacial score (nSPS) is 18.8. The highest BCUT2D eigenvalue weighted by Gasteiger charge is 2.24. The number of nitrogens with zero attached hydrogens (tertiary/aromatic N) is 2. The zero-order chi connectivity index (χ0) is 18.4. The van der Waals surface area contributed by atoms with Crippen LogP contribution in [0, 0.1) is 5.92 Å². The number of morpholine rings is 1. The van der Waals surface area contributed by atoms with E-state index in [1.54, 1.807) is 0 Å². The molecule has 26 heavy (non-hydrogen) atoms. The van der Waals surface area contributed by atoms with E-state index in [0.717, 1.165) is 58.8 Å². The lowest BCUT2D eigenvalue weighted by atomic mass is 10.0. The number of para-hydroxylation sites is 1. The molecule has 0 saturated carbocycles. The molecule has 2 aliphatic heterocycles. The Bertz CT molecular complexity index is 584. The van der Waals surface area contributed by atoms with Crippen LogP contribution in [-0.2, 0) is 16.0 Å². The lowest BCUT2D eigenvalue weighted by Crippen LogP contribution is -2.51. The number of rotatable bonds is 8. The summed E-state index contributed by atoms with van der Waals surface area (Å²) in [5.74, 6) is 0.700. The highest BCUT2D eigenvalue weighted by Crippen LogP contribution is 2.27. The topological polar surface area (TPSA) is 44.8 Å². The second-order valence-electron chi connectivity index (χ2n) is 7.73. The lowest BCUT2D eigenvalue weighted by Gasteiger charge is -2.36. The van der Waals surface area contributed by atoms with E-state index >= 15 is 0 Å². The van der Waals surface area contributed by atoms with Crippen molar-refractivity contribution in [3.05, 3.63) is 29.8 Å². The summed E-state index contributed by atoms with van der Waals surface area (Å²) >= 11 is 0. The van der Waals surface area contributed by atoms with Crippen molar-refractivity contribution in [1.82, 2.24) is 10.2 Å². The van der Waals surface area contributed by atoms with Crippen LogP contribution in [0.4, 0.5) is 5.69 Å². The lowest BCUT2D eigenvalue weighted by molar-refractivity contribution is -0.121. The van der Waals surface area contributed by atoms with Gasteiger partial charge in [-0.15, -0.1) is 0 Å². The molecule has 1 N–H and O–H groups in total. The first-order chi connectivity index (χ1) is 12.6. The summed E-state index contributed by atoms with van der Waals surface area (Å²) in [6.45, 7) is 10.8. The SMILES string of the molecule is CC(C)[C@@H](CNC(=O)CCCN1CCc2ccccc21)N1CCOCC1. The number of hydrogen-bond acceptors (Lipinski definition) is 4. The summed E-state index contributed by atoms with van der Waals surface area (Å²) in [4.78, 5) is 17.2. The largest absolute Gasteiger partial charge is 0.379 e. The molecule has 1 fully saturated rings. The minimum atomic E-state index is 0.177. The van der Waals surface area contributed by atoms with Gasteiger partial charge in [-0.1, -0.05) is 32.0 Å². The number of benzene rings is 1. The third-order valence-electron chi connectivity index (χ3n) is 5.61. The molecule has 1 amide bonds. The molecule has 0 unspecified atom stereocenters. The van der Waals surface area contributed by atoms with E-state index in [-0.39, 0.29) is 5.91 Å². The van der Waals surface area contributed by atoms with E-state index in [0.29, 0.717) is 18.4 Å². The maximum Gasteiger partial charge on any atom is 0.220 e. The number of fused-ring (bicyclic) bond motifs is 1. The van der Waals surface area contributed by atoms with Crippen LogP contribution in [0.25, 0.3) is 0 Å². The summed E-state index contributed by atoms with van der Waals surface area (Å²) in [5.41, 5.74) is 2.78. The molecule has 1 atom stereocenters. The second kappa shape index (κ2) is 9.38. The van der Waals surface area contributed by atoms with Gasteiger partial charge in [-0.25, -0.2) is 0 Å². The van der Waals surface area contributed by atoms with Gasteiger partial charge in [-0.05, 0) is 30.4 Å². The minimum Gasteiger partial charge on any atom is -0.379 e. The molecule has 0 aromatic heterocycles. The third kappa shape index (κ3) is 4.98. The van der Waals surface area contributed by atoms with Crippen molar-refractivity contribution in [3.8, 4) is 0 Å². The zero-order valence-electron chi connectivity index (χ0n) is 16.2. The van der Waals surface area contributed by atoms with Gasteiger partial charge in [0.05, 0.1) is 13.2 Å². The Labute approximate surface area is 157 Å². The highest BCUT2D eigenvalue weighted by atomic mass is 16.5. The Kier molecular flexibility index (Phi) is 6.92. The second-order valence-corrected chi connectivity index (χ2v) is 7.73. The van der Waals surface area contributed by atoms with Crippen molar-refractivity contribution in [3.63, 3.8) is 0 Å². The maximum atomic E-state index is 12.3. The van der Waals surface area contributed by atoms with Crippen LogP contribution in [0.3, 0.4) is 0 Å². The highest BCUT2D eigenvalue weighted by molar-refractivity contribution is 5.76. The molecular weight excluding hydrogens is 326 g/mol. The van der Waals surface area contributed by atoms with Gasteiger partial charge in [-0.2, -0.15) is 0 Å². The molecule has 3 rings (SSSR count). The number of amides is 1. The third-order valence-corrected chi connectivity index (χ3v) is 5.61. The summed E-state index contributed by atoms with van der Waals surface area (Å²) in [7, 11) is 0. The Balaban J connectivity index is 1.38. The van der Waals surface area contributed by atoms with Crippen LogP contribution in [0.15, 0.2) is 24.3 Å². The van der Waals surface area contributed by atoms with Gasteiger partial charge in [0.1, 0.15) is 0 Å². The first-order valence-corrected chi connectivity index (χ1v) is 10.1. The van der Waals surface area contributed by atoms with E-state index in [1.807, 2.05) is 0 Å². The molecule has 1 saturated heterocycles. The Morgan fingerprint density at radius 1 is 1.19 bits per heavy atom. The molecule has 5 heteroatoms. The fourth-order valence-corrected chi connectivity index (χ4v) is 4.07. The monoisotopic (exact) mass is 359 g/mol. The average Bonchev–Trinajstić information content (AvgIpc) is 3.06. The van der Waals surface area contributed by atoms with Gasteiger partial charge in [0.15, 0.2) is 0 Å². The number of ether oxygens (including phenoxy) is 1. The quantitative estimate of drug-likeness (QED) is 0.774. The van der Waals surface area contributed by atoms with Crippen LogP contribution in [0.1, 0.15) is 32.3 Å². The van der Waals surface area contributed by atoms with E-state index in [9.17, 15) is 4.79 Å². The van der Waals surface area contributed by atoms with Crippen LogP contribution >= 0.6 is 0 Å². The number of nitrogens with one attached hydrogen (secondary N) is 1. The molecule has 144 valence electrons. The number of anilines is 1. The smallest absolute Gasteiger partial charge is 0.220 e. The van der Waals surface area contributed by atoms with Crippen LogP contribution in [-0.4, -0.2) is 62.8 Å². The first kappa shape index (κ1) is 19.2. The minimum absolute atomic E-state index is 0.177. The van der Waals surface area contributed by atoms with Gasteiger partial charge < -0.3 is 15.0 Å². The molecular formula is C21H33N3O2. The van der Waals surface area contributed by atoms with Crippen molar-refractivity contribution in [2.45, 2.75) is 39.2 Å². The summed E-state index contributed by atoms with van der Waals surface area (Å²) < 4.78 is 5.45. The fraction of sp³-hybridized carbons (Fsp3) is 0.667. The maximum absolute atomic E-state index is 12.3. The molecule has 1 aromatic rings. The van der Waals surface area contributed by atoms with Gasteiger partial charge in [0.2, 0.25) is 5.91 Å². The Morgan fingerprint density at radius 2 is 1.96 bits per heavy atom. The van der Waals surface area contributed by atoms with E-state index in [2.05, 4.69) is 53.2 Å². The van der Waals surface area contributed by atoms with Crippen molar-refractivity contribution in [1.29, 1.82) is 0 Å². The fourth-order valence-electron chi connectivity index (χ4n) is 4.07. The number of carbonyl (C=O) groups excluding carboxylic acids is 1. The number of carbonyl (C=O) groups is 1. The van der Waals surface area contributed by atoms with E-state index in [4.69, 9.17) is 4.74 Å². The Hall–Kier alpha value is -1.59. The summed E-state index contributed by atoms with van der Waals surface area (Å²) in [6.07, 6.45) is 2.63. The predicted molar refractivity (Wildman–Crippen MR) is 106 cm³/mol. The molecule has 5 nitrogen and oxygen atoms in total. The Morgan fingerprint density at radius 3 is 2.73 bits per heavy atom. The first-order valence-electron chi connectivity index (χ1n) is 10.1. The molecule has 2 aliphatic rings. The van der Waals surface area contributed by atoms with E-state index < -0.39 is 0 Å². The standard InChI is InChI=1S/C21H33N3O2/c1-17(2)20(24-12-14-26-15-13-24)16-22-21(25)8-5-10-23-11-9-18-6-3-4-7-19(18)23/h3-4,6-7,17,20H,5,8-16H2,1-2H3,(H,22,25)/t20-/m1/s1. The van der Waals surface area contributed by atoms with Gasteiger partial charge in [0, 0.05) is 50.9 Å². The average molecular weight is 360 g/mol. The van der Waals surface area contributed by atoms with Crippen LogP contribution < -0.4 is 10.2 Å². The molecule has 0 spiro atoms. The van der Waals surface area contributed by atoms with Crippen molar-refractivity contribution in [2.24, 2.45) is 5.92 Å². The zero-order valence-corrected chi connectivity index (χ0v) is 16.2. The molecule has 1 aromatic carbocycles. The van der Waals surface area contributed by atoms with Crippen molar-refractivity contribution in [2.75, 3.05) is 50.8 Å². The summed E-state index contributed by atoms with van der Waals surface area (Å²) in [5, 5.41) is 3.17. The van der Waals surface area contributed by atoms with Crippen molar-refractivity contribution < 1.29 is 9.53 Å². The molecule has 0 radical (unpaired) electrons. The summed E-state index contributed by atoms with van der Waals surface area (Å²) in [6, 6.07) is 9.00. The van der Waals surface area contributed by atoms with Crippen molar-refractivity contribution >= 4 is 11.6 Å². The molecule has 0 bridgehead atoms.